The second-order valence-corrected chi connectivity index (χ2v) is 6.55. The number of hydrogen-bond donors (Lipinski definition) is 1. The van der Waals surface area contributed by atoms with Crippen molar-refractivity contribution in [2.45, 2.75) is 13.5 Å². The third kappa shape index (κ3) is 2.54. The molecular formula is C21H20FN3O3. The van der Waals surface area contributed by atoms with Gasteiger partial charge in [0.25, 0.3) is 5.91 Å². The van der Waals surface area contributed by atoms with Crippen LogP contribution in [0.25, 0.3) is 22.0 Å². The van der Waals surface area contributed by atoms with Gasteiger partial charge in [-0.25, -0.2) is 9.37 Å². The van der Waals surface area contributed by atoms with Crippen molar-refractivity contribution >= 4 is 22.5 Å². The molecule has 0 radical (unpaired) electrons. The lowest BCUT2D eigenvalue weighted by Gasteiger charge is -2.14. The van der Waals surface area contributed by atoms with Gasteiger partial charge in [0, 0.05) is 17.5 Å². The molecular weight excluding hydrogens is 361 g/mol. The number of carbonyl (C=O) groups excluding carboxylic acids is 1. The number of nitrogen functional groups attached to an aromatic ring is 1. The fourth-order valence-corrected chi connectivity index (χ4v) is 3.67. The van der Waals surface area contributed by atoms with Crippen molar-refractivity contribution in [3.63, 3.8) is 0 Å². The van der Waals surface area contributed by atoms with Gasteiger partial charge in [-0.05, 0) is 36.8 Å². The predicted molar refractivity (Wildman–Crippen MR) is 105 cm³/mol. The Morgan fingerprint density at radius 1 is 1.14 bits per heavy atom. The maximum absolute atomic E-state index is 14.9. The Labute approximate surface area is 161 Å². The summed E-state index contributed by atoms with van der Waals surface area (Å²) in [4.78, 5) is 18.9. The molecule has 1 amide bonds. The molecule has 1 aliphatic heterocycles. The Morgan fingerprint density at radius 3 is 2.57 bits per heavy atom. The van der Waals surface area contributed by atoms with Crippen LogP contribution >= 0.6 is 0 Å². The standard InChI is InChI=1S/C21H20FN3O3/c1-4-25-10-14-18(21(25)26)19(23)12-6-7-13(22)17(20(12)24-14)11-5-8-15(27-2)16(9-11)28-3/h5-9H,4,10H2,1-3H3,(H2,23,24). The largest absolute Gasteiger partial charge is 0.493 e. The minimum atomic E-state index is -0.428. The molecule has 0 aliphatic carbocycles. The van der Waals surface area contributed by atoms with Crippen LogP contribution in [-0.4, -0.2) is 36.6 Å². The topological polar surface area (TPSA) is 77.7 Å². The molecule has 0 bridgehead atoms. The zero-order chi connectivity index (χ0) is 20.0. The molecule has 0 saturated heterocycles. The molecule has 2 aromatic carbocycles. The first-order chi connectivity index (χ1) is 13.5. The molecule has 28 heavy (non-hydrogen) atoms. The molecule has 2 N–H and O–H groups in total. The summed E-state index contributed by atoms with van der Waals surface area (Å²) in [6, 6.07) is 8.07. The maximum Gasteiger partial charge on any atom is 0.258 e. The number of hydrogen-bond acceptors (Lipinski definition) is 5. The Hall–Kier alpha value is -3.35. The predicted octanol–water partition coefficient (Wildman–Crippen LogP) is 3.62. The lowest BCUT2D eigenvalue weighted by molar-refractivity contribution is 0.0787. The average molecular weight is 381 g/mol. The number of ether oxygens (including phenoxy) is 2. The summed E-state index contributed by atoms with van der Waals surface area (Å²) in [6.07, 6.45) is 0. The van der Waals surface area contributed by atoms with Gasteiger partial charge in [0.15, 0.2) is 11.5 Å². The quantitative estimate of drug-likeness (QED) is 0.747. The average Bonchev–Trinajstić information content (AvgIpc) is 3.03. The normalized spacial score (nSPS) is 13.1. The molecule has 4 rings (SSSR count). The number of amides is 1. The van der Waals surface area contributed by atoms with Crippen LogP contribution in [0.3, 0.4) is 0 Å². The Kier molecular flexibility index (Phi) is 4.30. The minimum Gasteiger partial charge on any atom is -0.493 e. The molecule has 6 nitrogen and oxygen atoms in total. The summed E-state index contributed by atoms with van der Waals surface area (Å²) < 4.78 is 25.5. The number of fused-ring (bicyclic) bond motifs is 2. The summed E-state index contributed by atoms with van der Waals surface area (Å²) in [5.41, 5.74) is 8.97. The Bertz CT molecular complexity index is 1110. The van der Waals surface area contributed by atoms with E-state index in [9.17, 15) is 9.18 Å². The summed E-state index contributed by atoms with van der Waals surface area (Å²) in [5.74, 6) is 0.465. The van der Waals surface area contributed by atoms with Crippen molar-refractivity contribution in [1.29, 1.82) is 0 Å². The number of aromatic nitrogens is 1. The molecule has 3 aromatic rings. The van der Waals surface area contributed by atoms with Crippen LogP contribution in [0.1, 0.15) is 23.0 Å². The van der Waals surface area contributed by atoms with Crippen LogP contribution in [0.5, 0.6) is 11.5 Å². The van der Waals surface area contributed by atoms with Gasteiger partial charge in [0.2, 0.25) is 0 Å². The fraction of sp³-hybridized carbons (Fsp3) is 0.238. The van der Waals surface area contributed by atoms with Crippen molar-refractivity contribution in [2.75, 3.05) is 26.5 Å². The first-order valence-electron chi connectivity index (χ1n) is 8.92. The van der Waals surface area contributed by atoms with Crippen LogP contribution in [0.2, 0.25) is 0 Å². The van der Waals surface area contributed by atoms with E-state index in [4.69, 9.17) is 15.2 Å². The number of rotatable bonds is 4. The van der Waals surface area contributed by atoms with E-state index >= 15 is 0 Å². The number of pyridine rings is 1. The van der Waals surface area contributed by atoms with Gasteiger partial charge in [-0.15, -0.1) is 0 Å². The highest BCUT2D eigenvalue weighted by atomic mass is 19.1. The highest BCUT2D eigenvalue weighted by molar-refractivity contribution is 6.11. The van der Waals surface area contributed by atoms with Crippen LogP contribution in [0.4, 0.5) is 10.1 Å². The van der Waals surface area contributed by atoms with E-state index in [-0.39, 0.29) is 5.91 Å². The first-order valence-corrected chi connectivity index (χ1v) is 8.92. The van der Waals surface area contributed by atoms with E-state index in [2.05, 4.69) is 4.98 Å². The van der Waals surface area contributed by atoms with Gasteiger partial charge in [-0.3, -0.25) is 4.79 Å². The lowest BCUT2D eigenvalue weighted by atomic mass is 9.98. The Balaban J connectivity index is 2.00. The number of halogens is 1. The highest BCUT2D eigenvalue weighted by Crippen LogP contribution is 2.40. The van der Waals surface area contributed by atoms with E-state index in [1.54, 1.807) is 29.2 Å². The highest BCUT2D eigenvalue weighted by Gasteiger charge is 2.32. The number of carbonyl (C=O) groups is 1. The van der Waals surface area contributed by atoms with Gasteiger partial charge in [0.05, 0.1) is 43.2 Å². The third-order valence-electron chi connectivity index (χ3n) is 5.12. The third-order valence-corrected chi connectivity index (χ3v) is 5.12. The Morgan fingerprint density at radius 2 is 1.89 bits per heavy atom. The molecule has 0 unspecified atom stereocenters. The second kappa shape index (κ2) is 6.67. The summed E-state index contributed by atoms with van der Waals surface area (Å²) in [5, 5.41) is 0.552. The van der Waals surface area contributed by atoms with Crippen molar-refractivity contribution in [1.82, 2.24) is 9.88 Å². The van der Waals surface area contributed by atoms with Crippen molar-refractivity contribution in [3.8, 4) is 22.6 Å². The number of benzene rings is 2. The summed E-state index contributed by atoms with van der Waals surface area (Å²) >= 11 is 0. The minimum absolute atomic E-state index is 0.138. The summed E-state index contributed by atoms with van der Waals surface area (Å²) in [7, 11) is 3.06. The number of anilines is 1. The van der Waals surface area contributed by atoms with Crippen LogP contribution in [0.15, 0.2) is 30.3 Å². The molecule has 2 heterocycles. The molecule has 0 spiro atoms. The maximum atomic E-state index is 14.9. The number of nitrogens with two attached hydrogens (primary N) is 1. The molecule has 0 atom stereocenters. The monoisotopic (exact) mass is 381 g/mol. The molecule has 0 saturated carbocycles. The first kappa shape index (κ1) is 18.0. The SMILES string of the molecule is CCN1Cc2nc3c(-c4ccc(OC)c(OC)c4)c(F)ccc3c(N)c2C1=O. The molecule has 1 aliphatic rings. The zero-order valence-corrected chi connectivity index (χ0v) is 15.9. The molecule has 144 valence electrons. The van der Waals surface area contributed by atoms with E-state index < -0.39 is 5.82 Å². The van der Waals surface area contributed by atoms with Gasteiger partial charge >= 0.3 is 0 Å². The number of nitrogens with zero attached hydrogens (tertiary/aromatic N) is 2. The van der Waals surface area contributed by atoms with Gasteiger partial charge < -0.3 is 20.1 Å². The molecule has 1 aromatic heterocycles. The van der Waals surface area contributed by atoms with Gasteiger partial charge in [0.1, 0.15) is 5.82 Å². The van der Waals surface area contributed by atoms with E-state index in [1.807, 2.05) is 6.92 Å². The van der Waals surface area contributed by atoms with E-state index in [0.717, 1.165) is 0 Å². The van der Waals surface area contributed by atoms with Gasteiger partial charge in [-0.1, -0.05) is 6.07 Å². The lowest BCUT2D eigenvalue weighted by Crippen LogP contribution is -2.23. The van der Waals surface area contributed by atoms with Crippen molar-refractivity contribution in [3.05, 3.63) is 47.4 Å². The molecule has 7 heteroatoms. The van der Waals surface area contributed by atoms with Crippen molar-refractivity contribution in [2.24, 2.45) is 0 Å². The summed E-state index contributed by atoms with van der Waals surface area (Å²) in [6.45, 7) is 2.82. The smallest absolute Gasteiger partial charge is 0.258 e. The molecule has 0 fully saturated rings. The van der Waals surface area contributed by atoms with Crippen LogP contribution in [-0.2, 0) is 6.54 Å². The second-order valence-electron chi connectivity index (χ2n) is 6.55. The number of methoxy groups -OCH3 is 2. The van der Waals surface area contributed by atoms with Crippen LogP contribution < -0.4 is 15.2 Å². The van der Waals surface area contributed by atoms with E-state index in [0.29, 0.717) is 63.6 Å². The van der Waals surface area contributed by atoms with Crippen LogP contribution in [0, 0.1) is 5.82 Å². The zero-order valence-electron chi connectivity index (χ0n) is 15.9. The van der Waals surface area contributed by atoms with E-state index in [1.165, 1.54) is 20.3 Å². The van der Waals surface area contributed by atoms with Crippen molar-refractivity contribution < 1.29 is 18.7 Å². The van der Waals surface area contributed by atoms with Gasteiger partial charge in [-0.2, -0.15) is 0 Å². The fourth-order valence-electron chi connectivity index (χ4n) is 3.67.